The molecule has 0 fully saturated rings. The van der Waals surface area contributed by atoms with E-state index >= 15 is 0 Å². The minimum absolute atomic E-state index is 0. The summed E-state index contributed by atoms with van der Waals surface area (Å²) in [6, 6.07) is 5.83. The largest absolute Gasteiger partial charge is 0.493 e. The molecule has 0 aliphatic heterocycles. The van der Waals surface area contributed by atoms with Crippen LogP contribution < -0.4 is 20.1 Å². The minimum Gasteiger partial charge on any atom is -0.493 e. The molecule has 8 nitrogen and oxygen atoms in total. The summed E-state index contributed by atoms with van der Waals surface area (Å²) < 4.78 is 12.6. The number of nitrogens with one attached hydrogen (secondary N) is 2. The fraction of sp³-hybridized carbons (Fsp3) is 0.526. The monoisotopic (exact) mass is 534 g/mol. The second kappa shape index (κ2) is 13.5. The number of hydrogen-bond donors (Lipinski definition) is 2. The van der Waals surface area contributed by atoms with Gasteiger partial charge < -0.3 is 24.7 Å². The van der Waals surface area contributed by atoms with Gasteiger partial charge in [0.15, 0.2) is 23.3 Å². The molecule has 162 valence electrons. The molecular weight excluding hydrogens is 503 g/mol. The van der Waals surface area contributed by atoms with Crippen molar-refractivity contribution in [1.82, 2.24) is 25.4 Å². The van der Waals surface area contributed by atoms with Gasteiger partial charge in [-0.15, -0.1) is 34.2 Å². The number of aryl methyl sites for hydroxylation is 1. The average Bonchev–Trinajstić information content (AvgIpc) is 3.04. The number of aromatic nitrogens is 3. The van der Waals surface area contributed by atoms with Gasteiger partial charge in [0.25, 0.3) is 0 Å². The third kappa shape index (κ3) is 7.92. The number of halogens is 1. The van der Waals surface area contributed by atoms with Crippen molar-refractivity contribution in [3.63, 3.8) is 0 Å². The van der Waals surface area contributed by atoms with Crippen LogP contribution in [0.2, 0.25) is 0 Å². The first-order valence-electron chi connectivity index (χ1n) is 9.16. The Labute approximate surface area is 194 Å². The lowest BCUT2D eigenvalue weighted by molar-refractivity contribution is 0.354. The average molecular weight is 534 g/mol. The van der Waals surface area contributed by atoms with E-state index in [-0.39, 0.29) is 24.0 Å². The first-order valence-corrected chi connectivity index (χ1v) is 10.5. The number of benzene rings is 1. The van der Waals surface area contributed by atoms with Gasteiger partial charge in [-0.1, -0.05) is 6.07 Å². The highest BCUT2D eigenvalue weighted by molar-refractivity contribution is 14.0. The SMILES string of the molecule is COc1ccc(CN=C(NCCCSC)NCc2nnc(C)n2C)cc1OC.I. The van der Waals surface area contributed by atoms with Crippen LogP contribution in [-0.2, 0) is 20.1 Å². The highest BCUT2D eigenvalue weighted by Gasteiger charge is 2.07. The predicted molar refractivity (Wildman–Crippen MR) is 130 cm³/mol. The summed E-state index contributed by atoms with van der Waals surface area (Å²) in [7, 11) is 5.22. The van der Waals surface area contributed by atoms with E-state index in [4.69, 9.17) is 14.5 Å². The molecule has 0 spiro atoms. The predicted octanol–water partition coefficient (Wildman–Crippen LogP) is 2.75. The van der Waals surface area contributed by atoms with Crippen LogP contribution >= 0.6 is 35.7 Å². The second-order valence-electron chi connectivity index (χ2n) is 6.20. The Morgan fingerprint density at radius 2 is 1.93 bits per heavy atom. The molecule has 0 radical (unpaired) electrons. The number of hydrogen-bond acceptors (Lipinski definition) is 6. The summed E-state index contributed by atoms with van der Waals surface area (Å²) in [5, 5.41) is 15.0. The maximum absolute atomic E-state index is 5.37. The topological polar surface area (TPSA) is 85.6 Å². The Morgan fingerprint density at radius 3 is 2.55 bits per heavy atom. The third-order valence-electron chi connectivity index (χ3n) is 4.28. The quantitative estimate of drug-likeness (QED) is 0.210. The first kappa shape index (κ1) is 25.3. The van der Waals surface area contributed by atoms with E-state index in [1.807, 2.05) is 48.5 Å². The van der Waals surface area contributed by atoms with Crippen LogP contribution in [0.4, 0.5) is 0 Å². The maximum Gasteiger partial charge on any atom is 0.191 e. The summed E-state index contributed by atoms with van der Waals surface area (Å²) in [6.45, 7) is 3.87. The number of methoxy groups -OCH3 is 2. The fourth-order valence-electron chi connectivity index (χ4n) is 2.51. The standard InChI is InChI=1S/C19H30N6O2S.HI/c1-14-23-24-18(25(14)2)13-22-19(20-9-6-10-28-5)21-12-15-7-8-16(26-3)17(11-15)27-4;/h7-8,11H,6,9-10,12-13H2,1-5H3,(H2,20,21,22);1H. The van der Waals surface area contributed by atoms with Gasteiger partial charge in [-0.2, -0.15) is 11.8 Å². The van der Waals surface area contributed by atoms with E-state index in [9.17, 15) is 0 Å². The van der Waals surface area contributed by atoms with Gasteiger partial charge in [-0.25, -0.2) is 4.99 Å². The molecule has 0 saturated heterocycles. The maximum atomic E-state index is 5.37. The van der Waals surface area contributed by atoms with Crippen molar-refractivity contribution in [2.24, 2.45) is 12.0 Å². The molecule has 1 heterocycles. The van der Waals surface area contributed by atoms with Gasteiger partial charge in [0, 0.05) is 13.6 Å². The third-order valence-corrected chi connectivity index (χ3v) is 4.98. The van der Waals surface area contributed by atoms with E-state index in [1.165, 1.54) is 0 Å². The van der Waals surface area contributed by atoms with Crippen molar-refractivity contribution < 1.29 is 9.47 Å². The Balaban J connectivity index is 0.00000420. The molecular formula is C19H31IN6O2S. The van der Waals surface area contributed by atoms with Crippen LogP contribution in [0.3, 0.4) is 0 Å². The Morgan fingerprint density at radius 1 is 1.17 bits per heavy atom. The van der Waals surface area contributed by atoms with Gasteiger partial charge in [0.1, 0.15) is 5.82 Å². The number of ether oxygens (including phenoxy) is 2. The van der Waals surface area contributed by atoms with Crippen molar-refractivity contribution in [2.45, 2.75) is 26.4 Å². The molecule has 0 amide bonds. The Kier molecular flexibility index (Phi) is 11.8. The van der Waals surface area contributed by atoms with E-state index in [2.05, 4.69) is 27.1 Å². The van der Waals surface area contributed by atoms with Crippen LogP contribution in [0.25, 0.3) is 0 Å². The Bertz CT molecular complexity index is 784. The lowest BCUT2D eigenvalue weighted by atomic mass is 10.2. The van der Waals surface area contributed by atoms with E-state index in [0.29, 0.717) is 24.6 Å². The van der Waals surface area contributed by atoms with Gasteiger partial charge in [0.05, 0.1) is 27.3 Å². The molecule has 2 aromatic rings. The molecule has 0 aliphatic carbocycles. The van der Waals surface area contributed by atoms with Crippen LogP contribution in [0.15, 0.2) is 23.2 Å². The Hall–Kier alpha value is -1.69. The number of thioether (sulfide) groups is 1. The van der Waals surface area contributed by atoms with E-state index in [1.54, 1.807) is 14.2 Å². The van der Waals surface area contributed by atoms with Crippen molar-refractivity contribution in [3.05, 3.63) is 35.4 Å². The molecule has 0 unspecified atom stereocenters. The molecule has 29 heavy (non-hydrogen) atoms. The zero-order valence-corrected chi connectivity index (χ0v) is 20.8. The van der Waals surface area contributed by atoms with Gasteiger partial charge >= 0.3 is 0 Å². The van der Waals surface area contributed by atoms with Crippen molar-refractivity contribution in [3.8, 4) is 11.5 Å². The smallest absolute Gasteiger partial charge is 0.191 e. The summed E-state index contributed by atoms with van der Waals surface area (Å²) >= 11 is 1.84. The molecule has 0 saturated carbocycles. The highest BCUT2D eigenvalue weighted by atomic mass is 127. The van der Waals surface area contributed by atoms with Crippen molar-refractivity contribution >= 4 is 41.7 Å². The normalized spacial score (nSPS) is 11.0. The number of guanidine groups is 1. The second-order valence-corrected chi connectivity index (χ2v) is 7.19. The van der Waals surface area contributed by atoms with Crippen LogP contribution in [0, 0.1) is 6.92 Å². The first-order chi connectivity index (χ1) is 13.6. The van der Waals surface area contributed by atoms with Gasteiger partial charge in [-0.05, 0) is 43.0 Å². The molecule has 2 N–H and O–H groups in total. The fourth-order valence-corrected chi connectivity index (χ4v) is 2.95. The van der Waals surface area contributed by atoms with E-state index < -0.39 is 0 Å². The number of nitrogens with zero attached hydrogens (tertiary/aromatic N) is 4. The molecule has 0 atom stereocenters. The van der Waals surface area contributed by atoms with Crippen LogP contribution in [0.5, 0.6) is 11.5 Å². The molecule has 2 rings (SSSR count). The van der Waals surface area contributed by atoms with Crippen LogP contribution in [0.1, 0.15) is 23.6 Å². The molecule has 1 aromatic carbocycles. The zero-order chi connectivity index (χ0) is 20.4. The van der Waals surface area contributed by atoms with Gasteiger partial charge in [0.2, 0.25) is 0 Å². The molecule has 0 aliphatic rings. The highest BCUT2D eigenvalue weighted by Crippen LogP contribution is 2.27. The molecule has 10 heteroatoms. The van der Waals surface area contributed by atoms with Crippen LogP contribution in [-0.4, -0.2) is 53.5 Å². The van der Waals surface area contributed by atoms with Gasteiger partial charge in [-0.3, -0.25) is 0 Å². The molecule has 0 bridgehead atoms. The zero-order valence-electron chi connectivity index (χ0n) is 17.7. The summed E-state index contributed by atoms with van der Waals surface area (Å²) in [6.07, 6.45) is 3.18. The lowest BCUT2D eigenvalue weighted by Gasteiger charge is -2.13. The summed E-state index contributed by atoms with van der Waals surface area (Å²) in [4.78, 5) is 4.71. The molecule has 1 aromatic heterocycles. The number of rotatable bonds is 10. The summed E-state index contributed by atoms with van der Waals surface area (Å²) in [5.41, 5.74) is 1.04. The number of aliphatic imine (C=N–C) groups is 1. The minimum atomic E-state index is 0. The van der Waals surface area contributed by atoms with E-state index in [0.717, 1.165) is 41.9 Å². The lowest BCUT2D eigenvalue weighted by Crippen LogP contribution is -2.38. The van der Waals surface area contributed by atoms with Crippen molar-refractivity contribution in [1.29, 1.82) is 0 Å². The summed E-state index contributed by atoms with van der Waals surface area (Å²) in [5.74, 6) is 5.01. The van der Waals surface area contributed by atoms with Crippen molar-refractivity contribution in [2.75, 3.05) is 32.8 Å².